The van der Waals surface area contributed by atoms with E-state index >= 15 is 0 Å². The summed E-state index contributed by atoms with van der Waals surface area (Å²) in [5.41, 5.74) is 7.97. The third-order valence-electron chi connectivity index (χ3n) is 4.60. The van der Waals surface area contributed by atoms with Crippen LogP contribution in [0.4, 0.5) is 5.69 Å². The topological polar surface area (TPSA) is 67.6 Å². The summed E-state index contributed by atoms with van der Waals surface area (Å²) in [6.45, 7) is 6.09. The van der Waals surface area contributed by atoms with Crippen LogP contribution in [0.15, 0.2) is 24.3 Å². The lowest BCUT2D eigenvalue weighted by Gasteiger charge is -2.37. The molecule has 1 amide bonds. The molecule has 1 aliphatic heterocycles. The van der Waals surface area contributed by atoms with Crippen molar-refractivity contribution in [3.05, 3.63) is 29.8 Å². The van der Waals surface area contributed by atoms with Gasteiger partial charge in [0.15, 0.2) is 0 Å². The number of anilines is 1. The summed E-state index contributed by atoms with van der Waals surface area (Å²) in [7, 11) is 1.74. The summed E-state index contributed by atoms with van der Waals surface area (Å²) >= 11 is 0. The number of nitrogens with two attached hydrogens (primary N) is 1. The summed E-state index contributed by atoms with van der Waals surface area (Å²) in [4.78, 5) is 14.4. The molecule has 0 aliphatic carbocycles. The molecule has 1 fully saturated rings. The molecule has 0 saturated carbocycles. The van der Waals surface area contributed by atoms with Crippen LogP contribution < -0.4 is 11.1 Å². The van der Waals surface area contributed by atoms with Crippen molar-refractivity contribution in [1.82, 2.24) is 4.90 Å². The zero-order valence-electron chi connectivity index (χ0n) is 14.8. The molecule has 1 aromatic carbocycles. The SMILES string of the molecule is COC1CCN(CC(=O)Nc2ccc(C(C)C)cc2)C(CN)C1.Cl. The van der Waals surface area contributed by atoms with E-state index < -0.39 is 0 Å². The Morgan fingerprint density at radius 3 is 2.58 bits per heavy atom. The van der Waals surface area contributed by atoms with Crippen molar-refractivity contribution in [2.75, 3.05) is 32.1 Å². The monoisotopic (exact) mass is 355 g/mol. The first-order valence-corrected chi connectivity index (χ1v) is 8.40. The van der Waals surface area contributed by atoms with Gasteiger partial charge in [-0.2, -0.15) is 0 Å². The Morgan fingerprint density at radius 1 is 1.38 bits per heavy atom. The van der Waals surface area contributed by atoms with Gasteiger partial charge in [-0.25, -0.2) is 0 Å². The van der Waals surface area contributed by atoms with Crippen LogP contribution >= 0.6 is 12.4 Å². The van der Waals surface area contributed by atoms with Crippen LogP contribution in [0.25, 0.3) is 0 Å². The van der Waals surface area contributed by atoms with Crippen molar-refractivity contribution < 1.29 is 9.53 Å². The van der Waals surface area contributed by atoms with Crippen LogP contribution in [0.3, 0.4) is 0 Å². The highest BCUT2D eigenvalue weighted by molar-refractivity contribution is 5.92. The second-order valence-electron chi connectivity index (χ2n) is 6.57. The Hall–Kier alpha value is -1.14. The van der Waals surface area contributed by atoms with Gasteiger partial charge in [0, 0.05) is 31.9 Å². The van der Waals surface area contributed by atoms with E-state index in [1.54, 1.807) is 7.11 Å². The number of amides is 1. The molecule has 1 saturated heterocycles. The molecule has 1 aliphatic rings. The van der Waals surface area contributed by atoms with Crippen molar-refractivity contribution in [3.8, 4) is 0 Å². The number of hydrogen-bond donors (Lipinski definition) is 2. The lowest BCUT2D eigenvalue weighted by atomic mass is 9.99. The highest BCUT2D eigenvalue weighted by Gasteiger charge is 2.28. The molecular weight excluding hydrogens is 326 g/mol. The summed E-state index contributed by atoms with van der Waals surface area (Å²) in [5.74, 6) is 0.503. The summed E-state index contributed by atoms with van der Waals surface area (Å²) in [5, 5.41) is 2.97. The van der Waals surface area contributed by atoms with Crippen molar-refractivity contribution in [2.45, 2.75) is 44.8 Å². The maximum atomic E-state index is 12.3. The first kappa shape index (κ1) is 20.9. The summed E-state index contributed by atoms with van der Waals surface area (Å²) in [6, 6.07) is 8.26. The van der Waals surface area contributed by atoms with Crippen LogP contribution in [0.2, 0.25) is 0 Å². The number of piperidine rings is 1. The quantitative estimate of drug-likeness (QED) is 0.823. The molecule has 24 heavy (non-hydrogen) atoms. The van der Waals surface area contributed by atoms with Gasteiger partial charge in [-0.05, 0) is 36.5 Å². The molecule has 3 N–H and O–H groups in total. The third kappa shape index (κ3) is 5.74. The molecule has 6 heteroatoms. The zero-order chi connectivity index (χ0) is 16.8. The van der Waals surface area contributed by atoms with Crippen molar-refractivity contribution in [2.24, 2.45) is 5.73 Å². The Morgan fingerprint density at radius 2 is 2.04 bits per heavy atom. The lowest BCUT2D eigenvalue weighted by molar-refractivity contribution is -0.118. The Labute approximate surface area is 151 Å². The van der Waals surface area contributed by atoms with Crippen molar-refractivity contribution in [3.63, 3.8) is 0 Å². The number of nitrogens with one attached hydrogen (secondary N) is 1. The van der Waals surface area contributed by atoms with Gasteiger partial charge >= 0.3 is 0 Å². The largest absolute Gasteiger partial charge is 0.381 e. The number of hydrogen-bond acceptors (Lipinski definition) is 4. The van der Waals surface area contributed by atoms with E-state index in [1.165, 1.54) is 5.56 Å². The number of halogens is 1. The van der Waals surface area contributed by atoms with Gasteiger partial charge in [-0.1, -0.05) is 26.0 Å². The van der Waals surface area contributed by atoms with Gasteiger partial charge in [0.05, 0.1) is 12.6 Å². The fourth-order valence-electron chi connectivity index (χ4n) is 3.07. The highest BCUT2D eigenvalue weighted by Crippen LogP contribution is 2.20. The van der Waals surface area contributed by atoms with Gasteiger partial charge in [0.2, 0.25) is 5.91 Å². The predicted molar refractivity (Wildman–Crippen MR) is 101 cm³/mol. The molecule has 0 spiro atoms. The summed E-state index contributed by atoms with van der Waals surface area (Å²) < 4.78 is 5.42. The van der Waals surface area contributed by atoms with E-state index in [4.69, 9.17) is 10.5 Å². The smallest absolute Gasteiger partial charge is 0.238 e. The number of carbonyl (C=O) groups is 1. The molecular formula is C18H30ClN3O2. The second kappa shape index (κ2) is 9.99. The molecule has 2 atom stereocenters. The first-order valence-electron chi connectivity index (χ1n) is 8.40. The molecule has 0 bridgehead atoms. The number of nitrogens with zero attached hydrogens (tertiary/aromatic N) is 1. The van der Waals surface area contributed by atoms with Gasteiger partial charge in [0.25, 0.3) is 0 Å². The average Bonchev–Trinajstić information content (AvgIpc) is 2.55. The zero-order valence-corrected chi connectivity index (χ0v) is 15.6. The van der Waals surface area contributed by atoms with Gasteiger partial charge in [-0.15, -0.1) is 12.4 Å². The molecule has 5 nitrogen and oxygen atoms in total. The fourth-order valence-corrected chi connectivity index (χ4v) is 3.07. The van der Waals surface area contributed by atoms with E-state index in [-0.39, 0.29) is 30.5 Å². The molecule has 0 radical (unpaired) electrons. The molecule has 136 valence electrons. The third-order valence-corrected chi connectivity index (χ3v) is 4.60. The predicted octanol–water partition coefficient (Wildman–Crippen LogP) is 2.61. The number of methoxy groups -OCH3 is 1. The van der Waals surface area contributed by atoms with E-state index in [9.17, 15) is 4.79 Å². The van der Waals surface area contributed by atoms with Gasteiger partial charge in [-0.3, -0.25) is 9.69 Å². The standard InChI is InChI=1S/C18H29N3O2.ClH/c1-13(2)14-4-6-15(7-5-14)20-18(22)12-21-9-8-17(23-3)10-16(21)11-19;/h4-7,13,16-17H,8-12,19H2,1-3H3,(H,20,22);1H. The second-order valence-corrected chi connectivity index (χ2v) is 6.57. The van der Waals surface area contributed by atoms with Crippen LogP contribution in [-0.4, -0.2) is 49.7 Å². The van der Waals surface area contributed by atoms with Crippen molar-refractivity contribution >= 4 is 24.0 Å². The minimum Gasteiger partial charge on any atom is -0.381 e. The fraction of sp³-hybridized carbons (Fsp3) is 0.611. The van der Waals surface area contributed by atoms with Crippen molar-refractivity contribution in [1.29, 1.82) is 0 Å². The van der Waals surface area contributed by atoms with Crippen LogP contribution in [0.1, 0.15) is 38.2 Å². The molecule has 0 aromatic heterocycles. The van der Waals surface area contributed by atoms with Gasteiger partial charge in [0.1, 0.15) is 0 Å². The normalized spacial score (nSPS) is 21.4. The lowest BCUT2D eigenvalue weighted by Crippen LogP contribution is -2.50. The number of carbonyl (C=O) groups excluding carboxylic acids is 1. The van der Waals surface area contributed by atoms with Gasteiger partial charge < -0.3 is 15.8 Å². The van der Waals surface area contributed by atoms with E-state index in [0.29, 0.717) is 19.0 Å². The van der Waals surface area contributed by atoms with Crippen LogP contribution in [0, 0.1) is 0 Å². The molecule has 2 unspecified atom stereocenters. The molecule has 1 aromatic rings. The number of rotatable bonds is 6. The van der Waals surface area contributed by atoms with Crippen LogP contribution in [-0.2, 0) is 9.53 Å². The van der Waals surface area contributed by atoms with Crippen LogP contribution in [0.5, 0.6) is 0 Å². The number of benzene rings is 1. The van der Waals surface area contributed by atoms with E-state index in [1.807, 2.05) is 12.1 Å². The number of ether oxygens (including phenoxy) is 1. The first-order chi connectivity index (χ1) is 11.0. The van der Waals surface area contributed by atoms with E-state index in [0.717, 1.165) is 25.1 Å². The molecule has 2 rings (SSSR count). The average molecular weight is 356 g/mol. The van der Waals surface area contributed by atoms with E-state index in [2.05, 4.69) is 36.2 Å². The Balaban J connectivity index is 0.00000288. The Bertz CT molecular complexity index is 507. The number of likely N-dealkylation sites (tertiary alicyclic amines) is 1. The minimum atomic E-state index is 0. The highest BCUT2D eigenvalue weighted by atomic mass is 35.5. The maximum absolute atomic E-state index is 12.3. The summed E-state index contributed by atoms with van der Waals surface area (Å²) in [6.07, 6.45) is 2.10. The Kier molecular flexibility index (Phi) is 8.70. The maximum Gasteiger partial charge on any atom is 0.238 e. The molecule has 1 heterocycles. The minimum absolute atomic E-state index is 0.